The highest BCUT2D eigenvalue weighted by molar-refractivity contribution is 7.92. The molecular formula is C15H12ClN3O6S. The normalized spacial score (nSPS) is 11.6. The molecule has 0 amide bonds. The van der Waals surface area contributed by atoms with Crippen LogP contribution in [0.2, 0.25) is 5.02 Å². The van der Waals surface area contributed by atoms with E-state index in [0.717, 1.165) is 0 Å². The zero-order valence-corrected chi connectivity index (χ0v) is 14.9. The second-order valence-corrected chi connectivity index (χ2v) is 7.33. The lowest BCUT2D eigenvalue weighted by atomic mass is 10.3. The molecule has 26 heavy (non-hydrogen) atoms. The Bertz CT molecular complexity index is 1160. The van der Waals surface area contributed by atoms with Crippen LogP contribution in [0.3, 0.4) is 0 Å². The van der Waals surface area contributed by atoms with Gasteiger partial charge in [0.1, 0.15) is 4.90 Å². The first-order chi connectivity index (χ1) is 12.2. The summed E-state index contributed by atoms with van der Waals surface area (Å²) in [5.74, 6) is -0.614. The minimum Gasteiger partial charge on any atom is -0.408 e. The van der Waals surface area contributed by atoms with E-state index in [-0.39, 0.29) is 26.9 Å². The summed E-state index contributed by atoms with van der Waals surface area (Å²) in [6.45, 7) is 2.08. The van der Waals surface area contributed by atoms with Gasteiger partial charge in [-0.05, 0) is 25.1 Å². The van der Waals surface area contributed by atoms with Crippen LogP contribution in [0.4, 0.5) is 11.4 Å². The number of nitro groups is 1. The van der Waals surface area contributed by atoms with Crippen molar-refractivity contribution in [1.29, 1.82) is 0 Å². The molecular weight excluding hydrogens is 386 g/mol. The molecule has 0 saturated heterocycles. The van der Waals surface area contributed by atoms with Gasteiger partial charge in [0, 0.05) is 30.4 Å². The highest BCUT2D eigenvalue weighted by Crippen LogP contribution is 2.29. The molecule has 0 bridgehead atoms. The van der Waals surface area contributed by atoms with Crippen LogP contribution in [0.15, 0.2) is 50.5 Å². The Morgan fingerprint density at radius 2 is 1.92 bits per heavy atom. The Balaban J connectivity index is 2.02. The van der Waals surface area contributed by atoms with Crippen LogP contribution in [0, 0.1) is 10.1 Å². The molecule has 136 valence electrons. The zero-order valence-electron chi connectivity index (χ0n) is 13.3. The largest absolute Gasteiger partial charge is 0.419 e. The molecule has 3 aromatic rings. The molecule has 0 aliphatic heterocycles. The van der Waals surface area contributed by atoms with Gasteiger partial charge in [-0.3, -0.25) is 19.4 Å². The number of aromatic nitrogens is 1. The van der Waals surface area contributed by atoms with Crippen LogP contribution in [0.25, 0.3) is 11.1 Å². The smallest absolute Gasteiger partial charge is 0.408 e. The number of hydrogen-bond acceptors (Lipinski definition) is 6. The molecule has 0 radical (unpaired) electrons. The summed E-state index contributed by atoms with van der Waals surface area (Å²) < 4.78 is 33.8. The van der Waals surface area contributed by atoms with Gasteiger partial charge in [-0.2, -0.15) is 0 Å². The number of benzene rings is 2. The summed E-state index contributed by atoms with van der Waals surface area (Å²) >= 11 is 6.09. The molecule has 3 rings (SSSR count). The topological polar surface area (TPSA) is 124 Å². The highest BCUT2D eigenvalue weighted by atomic mass is 35.5. The number of rotatable bonds is 5. The number of sulfonamides is 1. The summed E-state index contributed by atoms with van der Waals surface area (Å²) in [7, 11) is -4.10. The Kier molecular flexibility index (Phi) is 4.46. The number of halogens is 1. The quantitative estimate of drug-likeness (QED) is 0.521. The minimum atomic E-state index is -4.10. The molecule has 1 heterocycles. The summed E-state index contributed by atoms with van der Waals surface area (Å²) in [5, 5.41) is 10.6. The van der Waals surface area contributed by atoms with Gasteiger partial charge < -0.3 is 4.42 Å². The van der Waals surface area contributed by atoms with Gasteiger partial charge >= 0.3 is 5.76 Å². The first-order valence-electron chi connectivity index (χ1n) is 7.33. The fraction of sp³-hybridized carbons (Fsp3) is 0.133. The third-order valence-electron chi connectivity index (χ3n) is 3.66. The van der Waals surface area contributed by atoms with E-state index in [4.69, 9.17) is 16.0 Å². The second-order valence-electron chi connectivity index (χ2n) is 5.27. The van der Waals surface area contributed by atoms with Crippen LogP contribution in [0.1, 0.15) is 6.92 Å². The molecule has 0 saturated carbocycles. The lowest BCUT2D eigenvalue weighted by Gasteiger charge is -2.09. The van der Waals surface area contributed by atoms with Crippen LogP contribution >= 0.6 is 11.6 Å². The molecule has 0 aliphatic carbocycles. The number of oxazole rings is 1. The number of nitrogens with zero attached hydrogens (tertiary/aromatic N) is 2. The van der Waals surface area contributed by atoms with Gasteiger partial charge in [-0.1, -0.05) is 11.6 Å². The number of nitro benzene ring substituents is 1. The van der Waals surface area contributed by atoms with Crippen molar-refractivity contribution in [1.82, 2.24) is 4.57 Å². The van der Waals surface area contributed by atoms with E-state index in [2.05, 4.69) is 4.72 Å². The Hall–Kier alpha value is -2.85. The van der Waals surface area contributed by atoms with Gasteiger partial charge in [0.2, 0.25) is 0 Å². The van der Waals surface area contributed by atoms with E-state index < -0.39 is 20.7 Å². The molecule has 0 aliphatic rings. The number of anilines is 1. The van der Waals surface area contributed by atoms with Gasteiger partial charge in [0.15, 0.2) is 5.58 Å². The zero-order chi connectivity index (χ0) is 19.1. The second kappa shape index (κ2) is 6.46. The number of hydrogen-bond donors (Lipinski definition) is 1. The SMILES string of the molecule is CCn1c(=O)oc2cc(S(=O)(=O)Nc3ccc([N+](=O)[O-])cc3)c(Cl)cc21. The van der Waals surface area contributed by atoms with E-state index >= 15 is 0 Å². The Labute approximate surface area is 152 Å². The van der Waals surface area contributed by atoms with Crippen molar-refractivity contribution in [3.05, 3.63) is 62.1 Å². The monoisotopic (exact) mass is 397 g/mol. The third kappa shape index (κ3) is 3.16. The number of nitrogens with one attached hydrogen (secondary N) is 1. The van der Waals surface area contributed by atoms with Gasteiger partial charge in [0.25, 0.3) is 15.7 Å². The first kappa shape index (κ1) is 18.0. The molecule has 1 N–H and O–H groups in total. The summed E-state index contributed by atoms with van der Waals surface area (Å²) in [6.07, 6.45) is 0. The molecule has 2 aromatic carbocycles. The average Bonchev–Trinajstić information content (AvgIpc) is 2.88. The van der Waals surface area contributed by atoms with E-state index in [1.165, 1.54) is 41.0 Å². The molecule has 0 atom stereocenters. The number of non-ortho nitro benzene ring substituents is 1. The van der Waals surface area contributed by atoms with Crippen LogP contribution in [-0.4, -0.2) is 17.9 Å². The van der Waals surface area contributed by atoms with Crippen molar-refractivity contribution in [2.24, 2.45) is 0 Å². The predicted molar refractivity (Wildman–Crippen MR) is 95.1 cm³/mol. The van der Waals surface area contributed by atoms with Crippen molar-refractivity contribution >= 4 is 44.1 Å². The van der Waals surface area contributed by atoms with Crippen molar-refractivity contribution in [2.75, 3.05) is 4.72 Å². The van der Waals surface area contributed by atoms with Gasteiger partial charge in [0.05, 0.1) is 15.5 Å². The van der Waals surface area contributed by atoms with E-state index in [0.29, 0.717) is 12.1 Å². The van der Waals surface area contributed by atoms with Crippen molar-refractivity contribution in [2.45, 2.75) is 18.4 Å². The minimum absolute atomic E-state index is 0.0880. The molecule has 1 aromatic heterocycles. The number of aryl methyl sites for hydroxylation is 1. The van der Waals surface area contributed by atoms with E-state index in [1.807, 2.05) is 0 Å². The lowest BCUT2D eigenvalue weighted by Crippen LogP contribution is -2.14. The maximum atomic E-state index is 12.6. The standard InChI is InChI=1S/C15H12ClN3O6S/c1-2-18-12-7-11(16)14(8-13(12)25-15(18)20)26(23,24)17-9-3-5-10(6-4-9)19(21)22/h3-8,17H,2H2,1H3. The first-order valence-corrected chi connectivity index (χ1v) is 9.19. The highest BCUT2D eigenvalue weighted by Gasteiger charge is 2.22. The van der Waals surface area contributed by atoms with Gasteiger partial charge in [-0.15, -0.1) is 0 Å². The Morgan fingerprint density at radius 1 is 1.27 bits per heavy atom. The summed E-state index contributed by atoms with van der Waals surface area (Å²) in [5.41, 5.74) is 0.427. The predicted octanol–water partition coefficient (Wildman–Crippen LogP) is 2.98. The summed E-state index contributed by atoms with van der Waals surface area (Å²) in [6, 6.07) is 7.37. The molecule has 9 nitrogen and oxygen atoms in total. The Morgan fingerprint density at radius 3 is 2.50 bits per heavy atom. The van der Waals surface area contributed by atoms with Crippen molar-refractivity contribution in [3.8, 4) is 0 Å². The summed E-state index contributed by atoms with van der Waals surface area (Å²) in [4.78, 5) is 21.5. The van der Waals surface area contributed by atoms with Crippen LogP contribution < -0.4 is 10.5 Å². The fourth-order valence-electron chi connectivity index (χ4n) is 2.43. The van der Waals surface area contributed by atoms with Crippen molar-refractivity contribution < 1.29 is 17.8 Å². The maximum Gasteiger partial charge on any atom is 0.419 e. The molecule has 11 heteroatoms. The maximum absolute atomic E-state index is 12.6. The molecule has 0 spiro atoms. The average molecular weight is 398 g/mol. The molecule has 0 fully saturated rings. The third-order valence-corrected chi connectivity index (χ3v) is 5.50. The molecule has 0 unspecified atom stereocenters. The fourth-order valence-corrected chi connectivity index (χ4v) is 4.03. The van der Waals surface area contributed by atoms with Crippen molar-refractivity contribution in [3.63, 3.8) is 0 Å². The number of fused-ring (bicyclic) bond motifs is 1. The van der Waals surface area contributed by atoms with Crippen LogP contribution in [-0.2, 0) is 16.6 Å². The van der Waals surface area contributed by atoms with Crippen LogP contribution in [0.5, 0.6) is 0 Å². The lowest BCUT2D eigenvalue weighted by molar-refractivity contribution is -0.384. The van der Waals surface area contributed by atoms with E-state index in [1.54, 1.807) is 6.92 Å². The van der Waals surface area contributed by atoms with E-state index in [9.17, 15) is 23.3 Å². The van der Waals surface area contributed by atoms with Gasteiger partial charge in [-0.25, -0.2) is 13.2 Å².